The third kappa shape index (κ3) is 1.44. The monoisotopic (exact) mass is 268 g/mol. The first kappa shape index (κ1) is 12.1. The summed E-state index contributed by atoms with van der Waals surface area (Å²) < 4.78 is 11.5. The fraction of sp³-hybridized carbons (Fsp3) is 0.929. The summed E-state index contributed by atoms with van der Waals surface area (Å²) in [6.45, 7) is 3.79. The van der Waals surface area contributed by atoms with Crippen LogP contribution in [0.2, 0.25) is 0 Å². The first-order valence-electron chi connectivity index (χ1n) is 7.30. The highest BCUT2D eigenvalue weighted by Crippen LogP contribution is 2.58. The van der Waals surface area contributed by atoms with Crippen LogP contribution >= 0.6 is 0 Å². The second-order valence-electron chi connectivity index (χ2n) is 6.60. The molecule has 5 aliphatic rings. The van der Waals surface area contributed by atoms with Crippen LogP contribution in [0.3, 0.4) is 0 Å². The molecule has 1 aliphatic carbocycles. The molecule has 0 aromatic heterocycles. The fourth-order valence-corrected chi connectivity index (χ4v) is 4.41. The predicted molar refractivity (Wildman–Crippen MR) is 63.5 cm³/mol. The van der Waals surface area contributed by atoms with E-state index in [2.05, 4.69) is 0 Å². The Morgan fingerprint density at radius 2 is 2.05 bits per heavy atom. The zero-order chi connectivity index (χ0) is 13.3. The predicted octanol–water partition coefficient (Wildman–Crippen LogP) is 2.15. The molecule has 1 spiro atoms. The molecule has 4 heterocycles. The van der Waals surface area contributed by atoms with Crippen molar-refractivity contribution in [2.75, 3.05) is 0 Å². The SMILES string of the molecule is C[C@H]1C(=O)O[C@@H]2O[C@]3(C)CC[C@H]4CCC[C@@H]1[C@]42OO3. The summed E-state index contributed by atoms with van der Waals surface area (Å²) in [5.74, 6) is -0.593. The van der Waals surface area contributed by atoms with Crippen molar-refractivity contribution in [3.63, 3.8) is 0 Å². The molecule has 5 heteroatoms. The second-order valence-corrected chi connectivity index (χ2v) is 6.60. The Kier molecular flexibility index (Phi) is 2.37. The Hall–Kier alpha value is -0.650. The zero-order valence-electron chi connectivity index (χ0n) is 11.4. The molecule has 4 saturated heterocycles. The van der Waals surface area contributed by atoms with Crippen molar-refractivity contribution in [1.29, 1.82) is 0 Å². The van der Waals surface area contributed by atoms with Gasteiger partial charge in [-0.2, -0.15) is 0 Å². The first-order chi connectivity index (χ1) is 9.05. The van der Waals surface area contributed by atoms with Gasteiger partial charge in [0.1, 0.15) is 0 Å². The van der Waals surface area contributed by atoms with E-state index in [1.165, 1.54) is 0 Å². The quantitative estimate of drug-likeness (QED) is 0.497. The maximum atomic E-state index is 12.0. The van der Waals surface area contributed by atoms with Crippen molar-refractivity contribution >= 4 is 5.97 Å². The van der Waals surface area contributed by atoms with Crippen LogP contribution in [-0.4, -0.2) is 23.6 Å². The highest BCUT2D eigenvalue weighted by atomic mass is 17.3. The first-order valence-corrected chi connectivity index (χ1v) is 7.30. The number of esters is 1. The van der Waals surface area contributed by atoms with Gasteiger partial charge in [-0.1, -0.05) is 13.3 Å². The van der Waals surface area contributed by atoms with E-state index in [-0.39, 0.29) is 17.8 Å². The standard InChI is InChI=1S/C14H20O5/c1-8-10-5-3-4-9-6-7-13(2)17-12(16-11(8)15)14(9,10)19-18-13/h8-10,12H,3-7H2,1-2H3/t8-,9-,10+,12-,13+,14-/m1/s1. The summed E-state index contributed by atoms with van der Waals surface area (Å²) in [7, 11) is 0. The number of fused-ring (bicyclic) bond motifs is 2. The Labute approximate surface area is 112 Å². The van der Waals surface area contributed by atoms with E-state index in [9.17, 15) is 4.79 Å². The van der Waals surface area contributed by atoms with Crippen molar-refractivity contribution in [2.24, 2.45) is 17.8 Å². The third-order valence-corrected chi connectivity index (χ3v) is 5.52. The molecule has 0 aromatic rings. The van der Waals surface area contributed by atoms with Gasteiger partial charge in [-0.25, -0.2) is 9.78 Å². The number of carbonyl (C=O) groups excluding carboxylic acids is 1. The van der Waals surface area contributed by atoms with Crippen LogP contribution in [0.5, 0.6) is 0 Å². The molecular formula is C14H20O5. The third-order valence-electron chi connectivity index (χ3n) is 5.52. The van der Waals surface area contributed by atoms with Gasteiger partial charge in [-0.05, 0) is 32.1 Å². The van der Waals surface area contributed by atoms with Crippen LogP contribution in [0.4, 0.5) is 0 Å². The largest absolute Gasteiger partial charge is 0.432 e. The van der Waals surface area contributed by atoms with Crippen LogP contribution in [0.1, 0.15) is 46.0 Å². The lowest BCUT2D eigenvalue weighted by Gasteiger charge is -2.56. The average Bonchev–Trinajstić information content (AvgIpc) is 2.61. The van der Waals surface area contributed by atoms with E-state index < -0.39 is 17.7 Å². The van der Waals surface area contributed by atoms with Crippen molar-refractivity contribution in [1.82, 2.24) is 0 Å². The Morgan fingerprint density at radius 1 is 1.21 bits per heavy atom. The van der Waals surface area contributed by atoms with Gasteiger partial charge >= 0.3 is 5.97 Å². The van der Waals surface area contributed by atoms with Crippen molar-refractivity contribution < 1.29 is 24.0 Å². The molecule has 5 nitrogen and oxygen atoms in total. The van der Waals surface area contributed by atoms with E-state index in [0.717, 1.165) is 32.1 Å². The summed E-state index contributed by atoms with van der Waals surface area (Å²) >= 11 is 0. The molecular weight excluding hydrogens is 248 g/mol. The molecule has 6 atom stereocenters. The van der Waals surface area contributed by atoms with E-state index in [1.807, 2.05) is 13.8 Å². The molecule has 0 radical (unpaired) electrons. The van der Waals surface area contributed by atoms with E-state index >= 15 is 0 Å². The Bertz CT molecular complexity index is 424. The lowest BCUT2D eigenvalue weighted by Crippen LogP contribution is -2.68. The molecule has 0 aromatic carbocycles. The minimum Gasteiger partial charge on any atom is -0.432 e. The molecule has 19 heavy (non-hydrogen) atoms. The lowest BCUT2D eigenvalue weighted by molar-refractivity contribution is -0.557. The number of carbonyl (C=O) groups is 1. The molecule has 2 bridgehead atoms. The summed E-state index contributed by atoms with van der Waals surface area (Å²) in [5.41, 5.74) is -0.582. The number of hydrogen-bond acceptors (Lipinski definition) is 5. The zero-order valence-corrected chi connectivity index (χ0v) is 11.4. The van der Waals surface area contributed by atoms with Crippen molar-refractivity contribution in [3.05, 3.63) is 0 Å². The molecule has 5 rings (SSSR count). The van der Waals surface area contributed by atoms with Crippen LogP contribution in [0.25, 0.3) is 0 Å². The summed E-state index contributed by atoms with van der Waals surface area (Å²) in [5, 5.41) is 0. The molecule has 106 valence electrons. The highest BCUT2D eigenvalue weighted by Gasteiger charge is 2.68. The van der Waals surface area contributed by atoms with Gasteiger partial charge in [-0.15, -0.1) is 0 Å². The van der Waals surface area contributed by atoms with Crippen LogP contribution in [0, 0.1) is 17.8 Å². The minimum atomic E-state index is -0.779. The maximum absolute atomic E-state index is 12.0. The Morgan fingerprint density at radius 3 is 2.89 bits per heavy atom. The normalized spacial score (nSPS) is 56.2. The van der Waals surface area contributed by atoms with Crippen LogP contribution < -0.4 is 0 Å². The van der Waals surface area contributed by atoms with Crippen molar-refractivity contribution in [2.45, 2.75) is 63.6 Å². The molecule has 0 N–H and O–H groups in total. The maximum Gasteiger partial charge on any atom is 0.311 e. The summed E-state index contributed by atoms with van der Waals surface area (Å²) in [4.78, 5) is 23.5. The van der Waals surface area contributed by atoms with Gasteiger partial charge < -0.3 is 9.47 Å². The van der Waals surface area contributed by atoms with Crippen LogP contribution in [-0.2, 0) is 24.0 Å². The number of hydrogen-bond donors (Lipinski definition) is 0. The number of rotatable bonds is 0. The molecule has 0 unspecified atom stereocenters. The van der Waals surface area contributed by atoms with Crippen molar-refractivity contribution in [3.8, 4) is 0 Å². The fourth-order valence-electron chi connectivity index (χ4n) is 4.41. The van der Waals surface area contributed by atoms with Crippen LogP contribution in [0.15, 0.2) is 0 Å². The van der Waals surface area contributed by atoms with Gasteiger partial charge in [0, 0.05) is 12.3 Å². The molecule has 4 aliphatic heterocycles. The second kappa shape index (κ2) is 3.71. The topological polar surface area (TPSA) is 54.0 Å². The minimum absolute atomic E-state index is 0.139. The van der Waals surface area contributed by atoms with E-state index in [4.69, 9.17) is 19.2 Å². The Balaban J connectivity index is 1.82. The highest BCUT2D eigenvalue weighted by molar-refractivity contribution is 5.74. The lowest BCUT2D eigenvalue weighted by atomic mass is 9.61. The van der Waals surface area contributed by atoms with E-state index in [1.54, 1.807) is 0 Å². The van der Waals surface area contributed by atoms with Gasteiger partial charge in [0.05, 0.1) is 5.92 Å². The van der Waals surface area contributed by atoms with E-state index in [0.29, 0.717) is 5.92 Å². The summed E-state index contributed by atoms with van der Waals surface area (Å²) in [6, 6.07) is 0. The van der Waals surface area contributed by atoms with Gasteiger partial charge in [-0.3, -0.25) is 4.79 Å². The molecule has 5 fully saturated rings. The van der Waals surface area contributed by atoms with Gasteiger partial charge in [0.2, 0.25) is 12.1 Å². The molecule has 0 amide bonds. The molecule has 1 saturated carbocycles. The van der Waals surface area contributed by atoms with Gasteiger partial charge in [0.15, 0.2) is 5.60 Å². The average molecular weight is 268 g/mol. The summed E-state index contributed by atoms with van der Waals surface area (Å²) in [6.07, 6.45) is 4.41. The smallest absolute Gasteiger partial charge is 0.311 e. The van der Waals surface area contributed by atoms with Gasteiger partial charge in [0.25, 0.3) is 0 Å². The number of ether oxygens (including phenoxy) is 2.